The lowest BCUT2D eigenvalue weighted by Gasteiger charge is -2.24. The summed E-state index contributed by atoms with van der Waals surface area (Å²) in [6, 6.07) is 4.47. The molecule has 0 aliphatic carbocycles. The molecule has 0 aliphatic rings. The second-order valence-electron chi connectivity index (χ2n) is 4.50. The predicted molar refractivity (Wildman–Crippen MR) is 74.3 cm³/mol. The van der Waals surface area contributed by atoms with E-state index >= 15 is 0 Å². The van der Waals surface area contributed by atoms with Crippen molar-refractivity contribution in [3.63, 3.8) is 0 Å². The van der Waals surface area contributed by atoms with E-state index in [9.17, 15) is 18.0 Å². The van der Waals surface area contributed by atoms with Gasteiger partial charge in [-0.25, -0.2) is 0 Å². The fourth-order valence-corrected chi connectivity index (χ4v) is 1.94. The van der Waals surface area contributed by atoms with Gasteiger partial charge in [0.05, 0.1) is 17.9 Å². The first-order chi connectivity index (χ1) is 9.80. The van der Waals surface area contributed by atoms with Crippen LogP contribution < -0.4 is 10.5 Å². The normalized spacial score (nSPS) is 11.3. The molecule has 1 rings (SSSR count). The van der Waals surface area contributed by atoms with E-state index in [1.807, 2.05) is 0 Å². The maximum atomic E-state index is 12.6. The Balaban J connectivity index is 3.11. The molecule has 1 aromatic carbocycles. The van der Waals surface area contributed by atoms with Crippen LogP contribution in [0.25, 0.3) is 0 Å². The van der Waals surface area contributed by atoms with Gasteiger partial charge in [0.15, 0.2) is 5.75 Å². The summed E-state index contributed by atoms with van der Waals surface area (Å²) >= 11 is 0. The Kier molecular flexibility index (Phi) is 5.87. The molecule has 0 aromatic heterocycles. The zero-order valence-electron chi connectivity index (χ0n) is 12.0. The van der Waals surface area contributed by atoms with E-state index in [1.165, 1.54) is 18.2 Å². The highest BCUT2D eigenvalue weighted by molar-refractivity contribution is 5.98. The first-order valence-corrected chi connectivity index (χ1v) is 6.67. The highest BCUT2D eigenvalue weighted by Crippen LogP contribution is 2.28. The van der Waals surface area contributed by atoms with Crippen molar-refractivity contribution >= 4 is 11.6 Å². The first kappa shape index (κ1) is 17.1. The number of alkyl halides is 3. The van der Waals surface area contributed by atoms with E-state index < -0.39 is 18.6 Å². The lowest BCUT2D eigenvalue weighted by molar-refractivity contribution is -0.140. The number of nitrogen functional groups attached to an aromatic ring is 1. The molecule has 0 unspecified atom stereocenters. The number of para-hydroxylation sites is 1. The molecule has 118 valence electrons. The maximum absolute atomic E-state index is 12.6. The number of benzene rings is 1. The highest BCUT2D eigenvalue weighted by Gasteiger charge is 2.33. The van der Waals surface area contributed by atoms with E-state index in [-0.39, 0.29) is 30.2 Å². The lowest BCUT2D eigenvalue weighted by Crippen LogP contribution is -2.39. The predicted octanol–water partition coefficient (Wildman–Crippen LogP) is 3.08. The third-order valence-corrected chi connectivity index (χ3v) is 2.72. The van der Waals surface area contributed by atoms with Crippen LogP contribution in [0.3, 0.4) is 0 Å². The smallest absolute Gasteiger partial charge is 0.406 e. The number of carbonyl (C=O) groups is 1. The van der Waals surface area contributed by atoms with Gasteiger partial charge in [-0.3, -0.25) is 4.79 Å². The van der Waals surface area contributed by atoms with E-state index in [1.54, 1.807) is 13.8 Å². The molecular formula is C14H19F3N2O2. The molecule has 2 N–H and O–H groups in total. The van der Waals surface area contributed by atoms with Crippen LogP contribution in [0.15, 0.2) is 18.2 Å². The molecule has 1 amide bonds. The number of nitrogens with zero attached hydrogens (tertiary/aromatic N) is 1. The van der Waals surface area contributed by atoms with Gasteiger partial charge in [-0.1, -0.05) is 13.0 Å². The first-order valence-electron chi connectivity index (χ1n) is 6.67. The van der Waals surface area contributed by atoms with Gasteiger partial charge in [-0.05, 0) is 25.5 Å². The number of hydrogen-bond acceptors (Lipinski definition) is 3. The number of rotatable bonds is 6. The molecule has 0 spiro atoms. The topological polar surface area (TPSA) is 55.6 Å². The van der Waals surface area contributed by atoms with Crippen LogP contribution in [-0.2, 0) is 0 Å². The summed E-state index contributed by atoms with van der Waals surface area (Å²) in [7, 11) is 0. The van der Waals surface area contributed by atoms with E-state index in [0.29, 0.717) is 6.42 Å². The Morgan fingerprint density at radius 2 is 2.00 bits per heavy atom. The summed E-state index contributed by atoms with van der Waals surface area (Å²) in [4.78, 5) is 13.1. The summed E-state index contributed by atoms with van der Waals surface area (Å²) in [5, 5.41) is 0. The average molecular weight is 304 g/mol. The number of nitrogens with two attached hydrogens (primary N) is 1. The van der Waals surface area contributed by atoms with Crippen molar-refractivity contribution in [2.75, 3.05) is 25.4 Å². The van der Waals surface area contributed by atoms with Gasteiger partial charge in [-0.2, -0.15) is 13.2 Å². The molecular weight excluding hydrogens is 285 g/mol. The van der Waals surface area contributed by atoms with Crippen LogP contribution >= 0.6 is 0 Å². The minimum atomic E-state index is -4.45. The molecule has 0 aliphatic heterocycles. The Bertz CT molecular complexity index is 490. The van der Waals surface area contributed by atoms with Crippen LogP contribution in [0.5, 0.6) is 5.75 Å². The van der Waals surface area contributed by atoms with Crippen LogP contribution in [0.4, 0.5) is 18.9 Å². The number of carbonyl (C=O) groups excluding carboxylic acids is 1. The number of anilines is 1. The van der Waals surface area contributed by atoms with Crippen molar-refractivity contribution in [2.45, 2.75) is 26.4 Å². The number of ether oxygens (including phenoxy) is 1. The Morgan fingerprint density at radius 3 is 2.52 bits per heavy atom. The van der Waals surface area contributed by atoms with Crippen LogP contribution in [-0.4, -0.2) is 36.7 Å². The van der Waals surface area contributed by atoms with Gasteiger partial charge < -0.3 is 15.4 Å². The average Bonchev–Trinajstić information content (AvgIpc) is 2.38. The summed E-state index contributed by atoms with van der Waals surface area (Å²) in [6.45, 7) is 2.40. The largest absolute Gasteiger partial charge is 0.491 e. The molecule has 21 heavy (non-hydrogen) atoms. The van der Waals surface area contributed by atoms with Crippen LogP contribution in [0.1, 0.15) is 30.6 Å². The lowest BCUT2D eigenvalue weighted by atomic mass is 10.1. The minimum absolute atomic E-state index is 0.0126. The zero-order valence-corrected chi connectivity index (χ0v) is 12.0. The third kappa shape index (κ3) is 4.84. The number of amides is 1. The van der Waals surface area contributed by atoms with Crippen LogP contribution in [0.2, 0.25) is 0 Å². The zero-order chi connectivity index (χ0) is 16.0. The fraction of sp³-hybridized carbons (Fsp3) is 0.500. The van der Waals surface area contributed by atoms with Crippen molar-refractivity contribution in [3.05, 3.63) is 23.8 Å². The van der Waals surface area contributed by atoms with E-state index in [0.717, 1.165) is 4.90 Å². The molecule has 0 atom stereocenters. The van der Waals surface area contributed by atoms with E-state index in [2.05, 4.69) is 0 Å². The highest BCUT2D eigenvalue weighted by atomic mass is 19.4. The van der Waals surface area contributed by atoms with E-state index in [4.69, 9.17) is 10.5 Å². The maximum Gasteiger partial charge on any atom is 0.406 e. The molecule has 0 radical (unpaired) electrons. The molecule has 0 saturated heterocycles. The van der Waals surface area contributed by atoms with Gasteiger partial charge in [0, 0.05) is 6.54 Å². The van der Waals surface area contributed by atoms with Gasteiger partial charge in [0.1, 0.15) is 6.54 Å². The summed E-state index contributed by atoms with van der Waals surface area (Å²) in [5.41, 5.74) is 6.01. The summed E-state index contributed by atoms with van der Waals surface area (Å²) < 4.78 is 43.0. The third-order valence-electron chi connectivity index (χ3n) is 2.72. The van der Waals surface area contributed by atoms with Gasteiger partial charge in [-0.15, -0.1) is 0 Å². The molecule has 0 fully saturated rings. The molecule has 0 heterocycles. The molecule has 0 bridgehead atoms. The molecule has 1 aromatic rings. The van der Waals surface area contributed by atoms with Gasteiger partial charge in [0.25, 0.3) is 5.91 Å². The second-order valence-corrected chi connectivity index (χ2v) is 4.50. The van der Waals surface area contributed by atoms with Crippen LogP contribution in [0, 0.1) is 0 Å². The SMILES string of the molecule is CCCN(CC(F)(F)F)C(=O)c1cccc(N)c1OCC. The summed E-state index contributed by atoms with van der Waals surface area (Å²) in [6.07, 6.45) is -4.02. The molecule has 0 saturated carbocycles. The molecule has 7 heteroatoms. The number of hydrogen-bond donors (Lipinski definition) is 1. The molecule has 4 nitrogen and oxygen atoms in total. The second kappa shape index (κ2) is 7.19. The minimum Gasteiger partial charge on any atom is -0.491 e. The van der Waals surface area contributed by atoms with Crippen molar-refractivity contribution in [1.29, 1.82) is 0 Å². The van der Waals surface area contributed by atoms with Crippen molar-refractivity contribution < 1.29 is 22.7 Å². The quantitative estimate of drug-likeness (QED) is 0.822. The monoisotopic (exact) mass is 304 g/mol. The van der Waals surface area contributed by atoms with Crippen molar-refractivity contribution in [1.82, 2.24) is 4.90 Å². The van der Waals surface area contributed by atoms with Gasteiger partial charge in [0.2, 0.25) is 0 Å². The summed E-state index contributed by atoms with van der Waals surface area (Å²) in [5.74, 6) is -0.599. The Labute approximate surface area is 121 Å². The Hall–Kier alpha value is -1.92. The number of halogens is 3. The standard InChI is InChI=1S/C14H19F3N2O2/c1-3-8-19(9-14(15,16)17)13(20)10-6-5-7-11(18)12(10)21-4-2/h5-7H,3-4,8-9,18H2,1-2H3. The Morgan fingerprint density at radius 1 is 1.33 bits per heavy atom. The fourth-order valence-electron chi connectivity index (χ4n) is 1.94. The van der Waals surface area contributed by atoms with Crippen molar-refractivity contribution in [3.8, 4) is 5.75 Å². The van der Waals surface area contributed by atoms with Crippen molar-refractivity contribution in [2.24, 2.45) is 0 Å². The van der Waals surface area contributed by atoms with Gasteiger partial charge >= 0.3 is 6.18 Å².